The summed E-state index contributed by atoms with van der Waals surface area (Å²) in [5, 5.41) is 10.9. The summed E-state index contributed by atoms with van der Waals surface area (Å²) in [6.45, 7) is 8.69. The number of fused-ring (bicyclic) bond motifs is 1. The molecular weight excluding hydrogens is 459 g/mol. The van der Waals surface area contributed by atoms with E-state index in [0.717, 1.165) is 18.5 Å². The van der Waals surface area contributed by atoms with Gasteiger partial charge < -0.3 is 19.4 Å². The summed E-state index contributed by atoms with van der Waals surface area (Å²) in [6.07, 6.45) is 1.72. The molecule has 2 aromatic rings. The van der Waals surface area contributed by atoms with E-state index in [4.69, 9.17) is 25.6 Å². The third-order valence-electron chi connectivity index (χ3n) is 6.77. The summed E-state index contributed by atoms with van der Waals surface area (Å²) in [7, 11) is 0.709. The number of carbonyl (C=O) groups excluding carboxylic acids is 2. The maximum Gasteiger partial charge on any atom is 0.496 e. The number of carbonyl (C=O) groups is 2. The number of amides is 1. The fourth-order valence-corrected chi connectivity index (χ4v) is 4.33. The molecular formula is C23H30BClN4O5. The zero-order valence-electron chi connectivity index (χ0n) is 20.1. The van der Waals surface area contributed by atoms with Gasteiger partial charge in [-0.2, -0.15) is 5.10 Å². The molecule has 9 nitrogen and oxygen atoms in total. The van der Waals surface area contributed by atoms with Crippen LogP contribution in [0.4, 0.5) is 5.69 Å². The van der Waals surface area contributed by atoms with Crippen molar-refractivity contribution in [3.05, 3.63) is 40.7 Å². The molecule has 2 aliphatic heterocycles. The van der Waals surface area contributed by atoms with Crippen molar-refractivity contribution in [1.29, 1.82) is 0 Å². The molecule has 0 saturated carbocycles. The zero-order valence-corrected chi connectivity index (χ0v) is 20.9. The predicted octanol–water partition coefficient (Wildman–Crippen LogP) is 2.69. The summed E-state index contributed by atoms with van der Waals surface area (Å²) < 4.78 is 18.7. The summed E-state index contributed by atoms with van der Waals surface area (Å²) in [4.78, 5) is 24.5. The van der Waals surface area contributed by atoms with E-state index >= 15 is 0 Å². The number of esters is 1. The average molecular weight is 489 g/mol. The molecule has 2 N–H and O–H groups in total. The largest absolute Gasteiger partial charge is 0.496 e. The molecule has 0 spiro atoms. The van der Waals surface area contributed by atoms with Gasteiger partial charge in [0.2, 0.25) is 0 Å². The van der Waals surface area contributed by atoms with Crippen LogP contribution in [0.5, 0.6) is 0 Å². The fourth-order valence-electron chi connectivity index (χ4n) is 4.06. The lowest BCUT2D eigenvalue weighted by Crippen LogP contribution is -2.41. The van der Waals surface area contributed by atoms with Crippen molar-refractivity contribution in [2.45, 2.75) is 64.3 Å². The molecule has 182 valence electrons. The van der Waals surface area contributed by atoms with Gasteiger partial charge in [0.05, 0.1) is 41.3 Å². The van der Waals surface area contributed by atoms with Crippen molar-refractivity contribution in [2.75, 3.05) is 19.0 Å². The van der Waals surface area contributed by atoms with Crippen LogP contribution in [0.3, 0.4) is 0 Å². The standard InChI is InChI=1S/C23H30BClN4O5/c1-22(2)23(3,4)34-24(33-22)14-8-6-9-16(20(14)25)27-21(31)17-12-18-15(26-13-19(30)32-5)10-7-11-29(18)28-17/h6,8-9,12,15,26H,7,10-11,13H2,1-5H3,(H,27,31)/t15-/m0/s1. The molecule has 1 amide bonds. The van der Waals surface area contributed by atoms with Gasteiger partial charge in [-0.25, -0.2) is 0 Å². The van der Waals surface area contributed by atoms with Gasteiger partial charge in [-0.05, 0) is 52.7 Å². The Morgan fingerprint density at radius 3 is 2.65 bits per heavy atom. The van der Waals surface area contributed by atoms with E-state index in [1.54, 1.807) is 22.9 Å². The minimum atomic E-state index is -0.643. The van der Waals surface area contributed by atoms with Crippen LogP contribution >= 0.6 is 11.6 Å². The van der Waals surface area contributed by atoms with Gasteiger partial charge >= 0.3 is 13.1 Å². The number of benzene rings is 1. The molecule has 1 aromatic carbocycles. The van der Waals surface area contributed by atoms with Gasteiger partial charge in [0.25, 0.3) is 5.91 Å². The second-order valence-electron chi connectivity index (χ2n) is 9.58. The van der Waals surface area contributed by atoms with Crippen molar-refractivity contribution in [3.63, 3.8) is 0 Å². The van der Waals surface area contributed by atoms with Crippen molar-refractivity contribution >= 4 is 41.7 Å². The zero-order chi connectivity index (χ0) is 24.7. The number of nitrogens with zero attached hydrogens (tertiary/aromatic N) is 2. The Morgan fingerprint density at radius 2 is 1.97 bits per heavy atom. The summed E-state index contributed by atoms with van der Waals surface area (Å²) in [5.74, 6) is -0.715. The molecule has 1 fully saturated rings. The number of anilines is 1. The Labute approximate surface area is 204 Å². The number of aromatic nitrogens is 2. The monoisotopic (exact) mass is 488 g/mol. The molecule has 1 atom stereocenters. The van der Waals surface area contributed by atoms with E-state index in [9.17, 15) is 9.59 Å². The van der Waals surface area contributed by atoms with E-state index in [-0.39, 0.29) is 30.2 Å². The van der Waals surface area contributed by atoms with Crippen molar-refractivity contribution in [1.82, 2.24) is 15.1 Å². The SMILES string of the molecule is COC(=O)CN[C@H]1CCCn2nc(C(=O)Nc3cccc(B4OC(C)(C)C(C)(C)O4)c3Cl)cc21. The maximum atomic E-state index is 13.0. The van der Waals surface area contributed by atoms with E-state index < -0.39 is 18.3 Å². The van der Waals surface area contributed by atoms with E-state index in [0.29, 0.717) is 22.7 Å². The highest BCUT2D eigenvalue weighted by molar-refractivity contribution is 6.66. The van der Waals surface area contributed by atoms with Crippen LogP contribution in [0, 0.1) is 0 Å². The van der Waals surface area contributed by atoms with Crippen molar-refractivity contribution < 1.29 is 23.6 Å². The molecule has 0 aliphatic carbocycles. The van der Waals surface area contributed by atoms with Crippen LogP contribution < -0.4 is 16.1 Å². The second kappa shape index (κ2) is 9.33. The highest BCUT2D eigenvalue weighted by Gasteiger charge is 2.52. The van der Waals surface area contributed by atoms with E-state index in [2.05, 4.69) is 15.7 Å². The van der Waals surface area contributed by atoms with Crippen molar-refractivity contribution in [2.24, 2.45) is 0 Å². The first-order valence-corrected chi connectivity index (χ1v) is 11.7. The normalized spacial score (nSPS) is 20.6. The third-order valence-corrected chi connectivity index (χ3v) is 7.19. The molecule has 1 saturated heterocycles. The van der Waals surface area contributed by atoms with E-state index in [1.165, 1.54) is 7.11 Å². The van der Waals surface area contributed by atoms with Crippen LogP contribution in [-0.4, -0.2) is 53.6 Å². The Hall–Kier alpha value is -2.40. The molecule has 0 radical (unpaired) electrons. The topological polar surface area (TPSA) is 104 Å². The van der Waals surface area contributed by atoms with Crippen molar-refractivity contribution in [3.8, 4) is 0 Å². The number of hydrogen-bond acceptors (Lipinski definition) is 7. The molecule has 0 bridgehead atoms. The number of methoxy groups -OCH3 is 1. The molecule has 0 unspecified atom stereocenters. The third kappa shape index (κ3) is 4.72. The first-order chi connectivity index (χ1) is 16.0. The second-order valence-corrected chi connectivity index (χ2v) is 9.96. The van der Waals surface area contributed by atoms with Gasteiger partial charge in [0.15, 0.2) is 5.69 Å². The van der Waals surface area contributed by atoms with Crippen LogP contribution in [0.25, 0.3) is 0 Å². The van der Waals surface area contributed by atoms with Crippen LogP contribution in [0.1, 0.15) is 62.8 Å². The lowest BCUT2D eigenvalue weighted by Gasteiger charge is -2.32. The molecule has 3 heterocycles. The van der Waals surface area contributed by atoms with Gasteiger partial charge in [-0.1, -0.05) is 23.7 Å². The Morgan fingerprint density at radius 1 is 1.26 bits per heavy atom. The number of aryl methyl sites for hydroxylation is 1. The minimum absolute atomic E-state index is 0.0859. The Bertz CT molecular complexity index is 1090. The number of ether oxygens (including phenoxy) is 1. The maximum absolute atomic E-state index is 13.0. The number of halogens is 1. The van der Waals surface area contributed by atoms with Crippen LogP contribution in [0.15, 0.2) is 24.3 Å². The molecule has 2 aliphatic rings. The lowest BCUT2D eigenvalue weighted by atomic mass is 9.79. The highest BCUT2D eigenvalue weighted by Crippen LogP contribution is 2.37. The van der Waals surface area contributed by atoms with Gasteiger partial charge in [0.1, 0.15) is 0 Å². The molecule has 4 rings (SSSR count). The predicted molar refractivity (Wildman–Crippen MR) is 129 cm³/mol. The van der Waals surface area contributed by atoms with E-state index in [1.807, 2.05) is 33.8 Å². The quantitative estimate of drug-likeness (QED) is 0.476. The number of hydrogen-bond donors (Lipinski definition) is 2. The minimum Gasteiger partial charge on any atom is -0.468 e. The highest BCUT2D eigenvalue weighted by atomic mass is 35.5. The molecule has 34 heavy (non-hydrogen) atoms. The Kier molecular flexibility index (Phi) is 6.79. The van der Waals surface area contributed by atoms with Gasteiger partial charge in [-0.3, -0.25) is 19.6 Å². The molecule has 11 heteroatoms. The average Bonchev–Trinajstić information content (AvgIpc) is 3.31. The number of rotatable bonds is 6. The Balaban J connectivity index is 1.51. The summed E-state index contributed by atoms with van der Waals surface area (Å²) in [6, 6.07) is 7.01. The summed E-state index contributed by atoms with van der Waals surface area (Å²) in [5.41, 5.74) is 1.22. The molecule has 1 aromatic heterocycles. The number of nitrogens with one attached hydrogen (secondary N) is 2. The summed E-state index contributed by atoms with van der Waals surface area (Å²) >= 11 is 6.66. The van der Waals surface area contributed by atoms with Crippen LogP contribution in [-0.2, 0) is 25.4 Å². The van der Waals surface area contributed by atoms with Gasteiger partial charge in [-0.15, -0.1) is 0 Å². The first kappa shape index (κ1) is 24.7. The van der Waals surface area contributed by atoms with Crippen LogP contribution in [0.2, 0.25) is 5.02 Å². The first-order valence-electron chi connectivity index (χ1n) is 11.4. The van der Waals surface area contributed by atoms with Gasteiger partial charge in [0, 0.05) is 18.0 Å². The smallest absolute Gasteiger partial charge is 0.468 e. The fraction of sp³-hybridized carbons (Fsp3) is 0.522. The lowest BCUT2D eigenvalue weighted by molar-refractivity contribution is -0.139.